The number of pyridine rings is 12. The summed E-state index contributed by atoms with van der Waals surface area (Å²) in [6, 6.07) is 88.0. The van der Waals surface area contributed by atoms with Crippen LogP contribution in [0.25, 0.3) is 66.8 Å². The van der Waals surface area contributed by atoms with Crippen LogP contribution in [0.2, 0.25) is 0 Å². The van der Waals surface area contributed by atoms with Crippen molar-refractivity contribution in [1.82, 2.24) is 30.0 Å². The Hall–Kier alpha value is -12.8. The predicted molar refractivity (Wildman–Crippen MR) is 481 cm³/mol. The van der Waals surface area contributed by atoms with E-state index in [2.05, 4.69) is 449 Å². The fraction of sp³-hybridized carbons (Fsp3) is 0.170. The van der Waals surface area contributed by atoms with Gasteiger partial charge in [-0.25, -0.2) is 54.8 Å². The zero-order valence-corrected chi connectivity index (χ0v) is 77.6. The van der Waals surface area contributed by atoms with Crippen molar-refractivity contribution in [3.8, 4) is 66.8 Å². The van der Waals surface area contributed by atoms with Gasteiger partial charge in [0.15, 0.2) is 201 Å². The van der Waals surface area contributed by atoms with Crippen molar-refractivity contribution >= 4 is 0 Å². The van der Waals surface area contributed by atoms with E-state index in [9.17, 15) is 0 Å². The van der Waals surface area contributed by atoms with Crippen molar-refractivity contribution < 1.29 is 120 Å². The van der Waals surface area contributed by atoms with Gasteiger partial charge in [0.05, 0.1) is 11.4 Å². The van der Waals surface area contributed by atoms with Crippen molar-refractivity contribution in [2.75, 3.05) is 0 Å². The molecule has 126 heavy (non-hydrogen) atoms. The van der Waals surface area contributed by atoms with E-state index in [1.807, 2.05) is 86.8 Å². The number of aryl methyl sites for hydroxylation is 8. The summed E-state index contributed by atoms with van der Waals surface area (Å²) in [5.74, 6) is 0. The third-order valence-electron chi connectivity index (χ3n) is 21.5. The number of hydrogen-bond donors (Lipinski definition) is 0. The molecule has 2 radical (unpaired) electrons. The van der Waals surface area contributed by atoms with Gasteiger partial charge in [0.2, 0.25) is 0 Å². The van der Waals surface area contributed by atoms with Gasteiger partial charge in [0.25, 0.3) is 0 Å². The zero-order chi connectivity index (χ0) is 83.9. The van der Waals surface area contributed by atoms with Crippen LogP contribution in [0.5, 0.6) is 0 Å². The van der Waals surface area contributed by atoms with E-state index in [4.69, 9.17) is 0 Å². The normalized spacial score (nSPS) is 11.3. The first-order valence-corrected chi connectivity index (χ1v) is 41.3. The summed E-state index contributed by atoms with van der Waals surface area (Å²) < 4.78 is 29.4. The maximum absolute atomic E-state index is 3.73. The minimum Gasteiger partial charge on any atom is -0.255 e. The summed E-state index contributed by atoms with van der Waals surface area (Å²) in [7, 11) is 11.8. The molecule has 20 heteroatoms. The van der Waals surface area contributed by atoms with E-state index in [1.165, 1.54) is 111 Å². The van der Waals surface area contributed by atoms with E-state index in [0.29, 0.717) is 0 Å². The summed E-state index contributed by atoms with van der Waals surface area (Å²) in [5, 5.41) is 14.8. The Morgan fingerprint density at radius 3 is 0.389 bits per heavy atom. The average molecular weight is 1820 g/mol. The topological polar surface area (TPSA) is 108 Å². The van der Waals surface area contributed by atoms with Gasteiger partial charge in [-0.1, -0.05) is 122 Å². The first-order chi connectivity index (χ1) is 59.5. The maximum atomic E-state index is 3.73. The largest absolute Gasteiger partial charge is 0.255 e. The Kier molecular flexibility index (Phi) is 34.4. The summed E-state index contributed by atoms with van der Waals surface area (Å²) in [6.45, 7) is 10.7. The minimum absolute atomic E-state index is 0. The minimum atomic E-state index is 0. The molecule has 0 fully saturated rings. The molecule has 0 unspecified atom stereocenters. The Morgan fingerprint density at radius 1 is 0.190 bits per heavy atom. The standard InChI is InChI=1S/2C36H32N4.2C12H14N2.2C4H7N3.2CH4.2Y/c2*1-2-30-4-3-29(1)25-37-17-9-33(10-18-37)35-13-21-39(22-14-35)27-31-5-7-32(8-6-31)28-40-23-15-36(16-24-40)34-11-19-38(26-30)20-12-34;2*1-13-7-3-11(4-8-13)12-5-9-14(2)10-6-12;2*1-4-3-7(2)6-5-4;;;;/h2*1-24H,25-28H2;2*3-10H,1-2H3;2*3H,1-2H3;2*1H4;;/q2*+4;2*+2;;;;;;. The van der Waals surface area contributed by atoms with Crippen molar-refractivity contribution in [2.45, 2.75) is 81.1 Å². The maximum Gasteiger partial charge on any atom is 0.173 e. The molecule has 0 saturated heterocycles. The van der Waals surface area contributed by atoms with Gasteiger partial charge < -0.3 is 0 Å². The van der Waals surface area contributed by atoms with Crippen molar-refractivity contribution in [1.29, 1.82) is 0 Å². The van der Waals surface area contributed by atoms with Crippen molar-refractivity contribution in [3.63, 3.8) is 0 Å². The van der Waals surface area contributed by atoms with Gasteiger partial charge in [-0.15, -0.1) is 10.2 Å². The molecular formula is C106H114N18Y2+12. The van der Waals surface area contributed by atoms with Gasteiger partial charge in [0.1, 0.15) is 28.2 Å². The predicted octanol–water partition coefficient (Wildman–Crippen LogP) is 12.9. The molecule has 32 aliphatic heterocycles. The average Bonchev–Trinajstić information content (AvgIpc) is 0.948. The Labute approximate surface area is 793 Å². The number of aromatic nitrogens is 18. The van der Waals surface area contributed by atoms with Gasteiger partial charge in [-0.2, -0.15) is 0 Å². The molecule has 0 aliphatic carbocycles. The van der Waals surface area contributed by atoms with Crippen LogP contribution in [-0.4, -0.2) is 30.0 Å². The molecule has 18 nitrogen and oxygen atoms in total. The Morgan fingerprint density at radius 2 is 0.302 bits per heavy atom. The Balaban J connectivity index is 0.000000165. The fourth-order valence-corrected chi connectivity index (χ4v) is 14.4. The third-order valence-corrected chi connectivity index (χ3v) is 21.5. The number of benzene rings is 4. The molecule has 24 bridgehead atoms. The number of rotatable bonds is 2. The molecule has 46 heterocycles. The fourth-order valence-electron chi connectivity index (χ4n) is 14.4. The second kappa shape index (κ2) is 46.2. The second-order valence-electron chi connectivity index (χ2n) is 31.4. The summed E-state index contributed by atoms with van der Waals surface area (Å²) >= 11 is 0. The van der Waals surface area contributed by atoms with Crippen molar-refractivity contribution in [3.05, 3.63) is 460 Å². The van der Waals surface area contributed by atoms with Gasteiger partial charge in [0, 0.05) is 282 Å². The number of hydrogen-bond acceptors (Lipinski definition) is 4. The van der Waals surface area contributed by atoms with Crippen LogP contribution in [0.3, 0.4) is 0 Å². The molecule has 0 atom stereocenters. The number of nitrogens with zero attached hydrogens (tertiary/aromatic N) is 18. The summed E-state index contributed by atoms with van der Waals surface area (Å²) in [5.41, 5.74) is 27.1. The smallest absolute Gasteiger partial charge is 0.173 e. The van der Waals surface area contributed by atoms with Crippen molar-refractivity contribution in [2.24, 2.45) is 42.3 Å². The SMILES string of the molecule is C.C.C[n+]1ccc(-c2cc[n+](C)cc2)cc1.C[n+]1ccc(-c2cc[n+](C)cc2)cc1.Cc1cn(C)nn1.Cc1cn(C)nn1.[Y].[Y].c1cc2ccc1C[n+]1ccc(cc1)-c1cc[n+](cc1)Cc1ccc(cc1)C[n+]1ccc(cc1)-c1cc[n+](cc1)C2.c1cc2ccc1C[n+]1ccc(cc1)-c1cc[n+](cc1)Cc1ccc(cc1)C[n+]1ccc(cc1)-c1cc[n+](cc1)C2. The summed E-state index contributed by atoms with van der Waals surface area (Å²) in [4.78, 5) is 0. The summed E-state index contributed by atoms with van der Waals surface area (Å²) in [6.07, 6.45) is 54.9. The molecule has 18 aromatic rings. The molecule has 622 valence electrons. The molecule has 4 aromatic carbocycles. The van der Waals surface area contributed by atoms with Crippen LogP contribution in [0.1, 0.15) is 70.7 Å². The second-order valence-corrected chi connectivity index (χ2v) is 31.4. The molecule has 0 saturated carbocycles. The molecule has 0 spiro atoms. The molecule has 14 aromatic heterocycles. The van der Waals surface area contributed by atoms with E-state index in [-0.39, 0.29) is 80.3 Å². The van der Waals surface area contributed by atoms with Crippen LogP contribution in [0.15, 0.2) is 404 Å². The molecular weight excluding hydrogens is 1700 g/mol. The van der Waals surface area contributed by atoms with Crippen LogP contribution in [0.4, 0.5) is 0 Å². The van der Waals surface area contributed by atoms with E-state index in [0.717, 1.165) is 63.7 Å². The van der Waals surface area contributed by atoms with Gasteiger partial charge in [-0.3, -0.25) is 9.36 Å². The van der Waals surface area contributed by atoms with Crippen LogP contribution < -0.4 is 54.8 Å². The van der Waals surface area contributed by atoms with Crippen LogP contribution in [-0.2, 0) is 160 Å². The molecule has 0 N–H and O–H groups in total. The van der Waals surface area contributed by atoms with E-state index >= 15 is 0 Å². The van der Waals surface area contributed by atoms with Crippen LogP contribution >= 0.6 is 0 Å². The van der Waals surface area contributed by atoms with E-state index < -0.39 is 0 Å². The van der Waals surface area contributed by atoms with Crippen LogP contribution in [0, 0.1) is 13.8 Å². The van der Waals surface area contributed by atoms with E-state index in [1.54, 1.807) is 9.36 Å². The van der Waals surface area contributed by atoms with Gasteiger partial charge >= 0.3 is 0 Å². The monoisotopic (exact) mass is 1820 g/mol. The molecule has 32 aliphatic rings. The van der Waals surface area contributed by atoms with Gasteiger partial charge in [-0.05, 0) is 80.6 Å². The molecule has 50 rings (SSSR count). The first kappa shape index (κ1) is 93.9. The quantitative estimate of drug-likeness (QED) is 0.161. The zero-order valence-electron chi connectivity index (χ0n) is 72.0. The third kappa shape index (κ3) is 27.6. The Bertz CT molecular complexity index is 5280. The first-order valence-electron chi connectivity index (χ1n) is 41.3. The molecule has 0 amide bonds.